The fourth-order valence-corrected chi connectivity index (χ4v) is 5.27. The minimum atomic E-state index is 0.0184. The summed E-state index contributed by atoms with van der Waals surface area (Å²) in [5.74, 6) is 0.760. The minimum Gasteiger partial charge on any atom is -0.358 e. The van der Waals surface area contributed by atoms with Crippen LogP contribution in [0.5, 0.6) is 0 Å². The van der Waals surface area contributed by atoms with E-state index in [2.05, 4.69) is 34.3 Å². The third kappa shape index (κ3) is 3.44. The van der Waals surface area contributed by atoms with Gasteiger partial charge < -0.3 is 10.2 Å². The molecule has 0 saturated carbocycles. The fourth-order valence-electron chi connectivity index (χ4n) is 4.68. The van der Waals surface area contributed by atoms with E-state index in [0.29, 0.717) is 30.6 Å². The van der Waals surface area contributed by atoms with Crippen LogP contribution in [0.2, 0.25) is 0 Å². The zero-order valence-corrected chi connectivity index (χ0v) is 17.3. The van der Waals surface area contributed by atoms with Crippen LogP contribution in [0.1, 0.15) is 32.7 Å². The van der Waals surface area contributed by atoms with Crippen LogP contribution >= 0.6 is 11.3 Å². The Bertz CT molecular complexity index is 896. The highest BCUT2D eigenvalue weighted by atomic mass is 32.1. The van der Waals surface area contributed by atoms with Gasteiger partial charge in [-0.15, -0.1) is 11.3 Å². The van der Waals surface area contributed by atoms with Crippen molar-refractivity contribution < 1.29 is 9.59 Å². The average Bonchev–Trinajstić information content (AvgIpc) is 3.36. The summed E-state index contributed by atoms with van der Waals surface area (Å²) in [4.78, 5) is 33.8. The van der Waals surface area contributed by atoms with Crippen LogP contribution < -0.4 is 5.32 Å². The van der Waals surface area contributed by atoms with Gasteiger partial charge in [-0.25, -0.2) is 4.98 Å². The van der Waals surface area contributed by atoms with E-state index in [-0.39, 0.29) is 17.9 Å². The highest BCUT2D eigenvalue weighted by Gasteiger charge is 2.49. The lowest BCUT2D eigenvalue weighted by Gasteiger charge is -2.30. The molecule has 2 fully saturated rings. The zero-order valence-electron chi connectivity index (χ0n) is 16.5. The number of rotatable bonds is 4. The number of fused-ring (bicyclic) bond motifs is 1. The first-order valence-corrected chi connectivity index (χ1v) is 10.6. The van der Waals surface area contributed by atoms with E-state index in [4.69, 9.17) is 0 Å². The van der Waals surface area contributed by atoms with Gasteiger partial charge in [0.2, 0.25) is 5.91 Å². The first-order chi connectivity index (χ1) is 13.5. The number of aryl methyl sites for hydroxylation is 2. The molecule has 2 aliphatic heterocycles. The number of likely N-dealkylation sites (tertiary alicyclic amines) is 2. The number of hydrogen-bond donors (Lipinski definition) is 1. The van der Waals surface area contributed by atoms with E-state index in [1.807, 2.05) is 29.3 Å². The van der Waals surface area contributed by atoms with Gasteiger partial charge in [0.05, 0.1) is 17.6 Å². The molecule has 148 valence electrons. The van der Waals surface area contributed by atoms with Crippen molar-refractivity contribution in [3.8, 4) is 0 Å². The predicted octanol–water partition coefficient (Wildman–Crippen LogP) is 2.25. The molecule has 0 unspecified atom stereocenters. The molecule has 0 radical (unpaired) electrons. The molecule has 28 heavy (non-hydrogen) atoms. The van der Waals surface area contributed by atoms with E-state index >= 15 is 0 Å². The monoisotopic (exact) mass is 398 g/mol. The van der Waals surface area contributed by atoms with Crippen molar-refractivity contribution in [3.63, 3.8) is 0 Å². The zero-order chi connectivity index (χ0) is 19.8. The summed E-state index contributed by atoms with van der Waals surface area (Å²) in [6.07, 6.45) is 0. The molecule has 4 rings (SSSR count). The van der Waals surface area contributed by atoms with E-state index in [1.54, 1.807) is 7.05 Å². The molecule has 2 aromatic rings. The average molecular weight is 399 g/mol. The van der Waals surface area contributed by atoms with Crippen molar-refractivity contribution in [2.45, 2.75) is 19.9 Å². The number of thiazole rings is 1. The van der Waals surface area contributed by atoms with Crippen molar-refractivity contribution in [3.05, 3.63) is 51.5 Å². The topological polar surface area (TPSA) is 65.5 Å². The fraction of sp³-hybridized carbons (Fsp3) is 0.476. The summed E-state index contributed by atoms with van der Waals surface area (Å²) in [6.45, 7) is 6.84. The number of nitrogens with one attached hydrogen (secondary N) is 1. The Balaban J connectivity index is 1.64. The third-order valence-corrected chi connectivity index (χ3v) is 6.77. The molecule has 2 aliphatic rings. The number of amides is 2. The maximum absolute atomic E-state index is 13.3. The largest absolute Gasteiger partial charge is 0.358 e. The van der Waals surface area contributed by atoms with Crippen LogP contribution in [-0.4, -0.2) is 59.8 Å². The Hall–Kier alpha value is -2.25. The molecular weight excluding hydrogens is 372 g/mol. The maximum Gasteiger partial charge on any atom is 0.273 e. The molecule has 2 saturated heterocycles. The standard InChI is InChI=1S/C21H26N4O2S/c1-13-6-4-5-7-16(13)20-17-10-24(11-19(26)22-3)8-15(17)9-25(20)21(27)18-12-28-14(2)23-18/h4-7,12,15,17,20H,8-11H2,1-3H3,(H,22,26)/t15-,17-,20+/m0/s1. The SMILES string of the molecule is CNC(=O)CN1C[C@H]2CN(C(=O)c3csc(C)n3)[C@H](c3ccccc3C)[C@H]2C1. The number of hydrogen-bond acceptors (Lipinski definition) is 5. The van der Waals surface area contributed by atoms with Crippen LogP contribution in [0.15, 0.2) is 29.6 Å². The van der Waals surface area contributed by atoms with Gasteiger partial charge in [0.1, 0.15) is 5.69 Å². The lowest BCUT2D eigenvalue weighted by molar-refractivity contribution is -0.121. The number of carbonyl (C=O) groups is 2. The van der Waals surface area contributed by atoms with E-state index in [0.717, 1.165) is 18.1 Å². The van der Waals surface area contributed by atoms with Crippen LogP contribution in [-0.2, 0) is 4.79 Å². The van der Waals surface area contributed by atoms with Crippen molar-refractivity contribution in [1.29, 1.82) is 0 Å². The van der Waals surface area contributed by atoms with Gasteiger partial charge in [-0.05, 0) is 30.9 Å². The quantitative estimate of drug-likeness (QED) is 0.858. The Morgan fingerprint density at radius 3 is 2.68 bits per heavy atom. The predicted molar refractivity (Wildman–Crippen MR) is 109 cm³/mol. The second kappa shape index (κ2) is 7.64. The summed E-state index contributed by atoms with van der Waals surface area (Å²) in [7, 11) is 1.67. The molecule has 0 aliphatic carbocycles. The molecule has 6 nitrogen and oxygen atoms in total. The Morgan fingerprint density at radius 1 is 1.21 bits per heavy atom. The van der Waals surface area contributed by atoms with Gasteiger partial charge >= 0.3 is 0 Å². The molecule has 3 heterocycles. The van der Waals surface area contributed by atoms with Crippen molar-refractivity contribution in [2.75, 3.05) is 33.2 Å². The summed E-state index contributed by atoms with van der Waals surface area (Å²) < 4.78 is 0. The first kappa shape index (κ1) is 19.1. The number of carbonyl (C=O) groups excluding carboxylic acids is 2. The van der Waals surface area contributed by atoms with Crippen molar-refractivity contribution in [2.24, 2.45) is 11.8 Å². The minimum absolute atomic E-state index is 0.0184. The molecule has 7 heteroatoms. The second-order valence-corrected chi connectivity index (χ2v) is 8.86. The second-order valence-electron chi connectivity index (χ2n) is 7.80. The Morgan fingerprint density at radius 2 is 2.00 bits per heavy atom. The van der Waals surface area contributed by atoms with Gasteiger partial charge in [0.25, 0.3) is 5.91 Å². The lowest BCUT2D eigenvalue weighted by Crippen LogP contribution is -2.39. The summed E-state index contributed by atoms with van der Waals surface area (Å²) in [5.41, 5.74) is 2.95. The van der Waals surface area contributed by atoms with Gasteiger partial charge in [-0.1, -0.05) is 24.3 Å². The molecule has 1 N–H and O–H groups in total. The van der Waals surface area contributed by atoms with Crippen LogP contribution in [0, 0.1) is 25.7 Å². The summed E-state index contributed by atoms with van der Waals surface area (Å²) in [5, 5.41) is 5.48. The smallest absolute Gasteiger partial charge is 0.273 e. The number of benzene rings is 1. The number of aromatic nitrogens is 1. The lowest BCUT2D eigenvalue weighted by atomic mass is 9.87. The molecular formula is C21H26N4O2S. The molecule has 1 aromatic heterocycles. The highest BCUT2D eigenvalue weighted by Crippen LogP contribution is 2.46. The molecule has 2 amide bonds. The molecule has 3 atom stereocenters. The van der Waals surface area contributed by atoms with Gasteiger partial charge in [0.15, 0.2) is 0 Å². The Labute approximate surface area is 169 Å². The number of nitrogens with zero attached hydrogens (tertiary/aromatic N) is 3. The van der Waals surface area contributed by atoms with Crippen molar-refractivity contribution >= 4 is 23.2 Å². The van der Waals surface area contributed by atoms with Crippen LogP contribution in [0.4, 0.5) is 0 Å². The molecule has 0 spiro atoms. The maximum atomic E-state index is 13.3. The third-order valence-electron chi connectivity index (χ3n) is 5.99. The van der Waals surface area contributed by atoms with E-state index < -0.39 is 0 Å². The van der Waals surface area contributed by atoms with Gasteiger partial charge in [0, 0.05) is 38.0 Å². The van der Waals surface area contributed by atoms with Crippen LogP contribution in [0.25, 0.3) is 0 Å². The Kier molecular flexibility index (Phi) is 5.21. The number of likely N-dealkylation sites (N-methyl/N-ethyl adjacent to an activating group) is 1. The van der Waals surface area contributed by atoms with Crippen molar-refractivity contribution in [1.82, 2.24) is 20.1 Å². The normalized spacial score (nSPS) is 24.4. The summed E-state index contributed by atoms with van der Waals surface area (Å²) >= 11 is 1.51. The van der Waals surface area contributed by atoms with Crippen LogP contribution in [0.3, 0.4) is 0 Å². The molecule has 1 aromatic carbocycles. The summed E-state index contributed by atoms with van der Waals surface area (Å²) in [6, 6.07) is 8.35. The van der Waals surface area contributed by atoms with E-state index in [1.165, 1.54) is 22.5 Å². The first-order valence-electron chi connectivity index (χ1n) is 9.69. The van der Waals surface area contributed by atoms with E-state index in [9.17, 15) is 9.59 Å². The van der Waals surface area contributed by atoms with Gasteiger partial charge in [-0.3, -0.25) is 14.5 Å². The van der Waals surface area contributed by atoms with Gasteiger partial charge in [-0.2, -0.15) is 0 Å². The highest BCUT2D eigenvalue weighted by molar-refractivity contribution is 7.09. The molecule has 0 bridgehead atoms.